The summed E-state index contributed by atoms with van der Waals surface area (Å²) in [6, 6.07) is 13.5. The quantitative estimate of drug-likeness (QED) is 0.386. The van der Waals surface area contributed by atoms with Crippen molar-refractivity contribution in [2.45, 2.75) is 6.92 Å². The first kappa shape index (κ1) is 17.6. The lowest BCUT2D eigenvalue weighted by atomic mass is 10.1. The number of benzene rings is 2. The second-order valence-corrected chi connectivity index (χ2v) is 6.16. The zero-order valence-electron chi connectivity index (χ0n) is 14.8. The molecule has 0 bridgehead atoms. The molecule has 4 rings (SSSR count). The predicted octanol–water partition coefficient (Wildman–Crippen LogP) is 4.36. The minimum Gasteiger partial charge on any atom is -0.452 e. The Labute approximate surface area is 160 Å². The Kier molecular flexibility index (Phi) is 4.45. The zero-order chi connectivity index (χ0) is 19.7. The number of hydrogen-bond donors (Lipinski definition) is 0. The molecule has 0 aliphatic carbocycles. The first-order chi connectivity index (χ1) is 13.5. The highest BCUT2D eigenvalue weighted by Crippen LogP contribution is 2.39. The van der Waals surface area contributed by atoms with Crippen LogP contribution < -0.4 is 9.47 Å². The first-order valence-corrected chi connectivity index (χ1v) is 8.49. The Bertz CT molecular complexity index is 1110. The maximum atomic E-state index is 13.0. The van der Waals surface area contributed by atoms with Crippen molar-refractivity contribution in [2.24, 2.45) is 0 Å². The van der Waals surface area contributed by atoms with Gasteiger partial charge in [0.15, 0.2) is 5.76 Å². The molecule has 1 aliphatic heterocycles. The minimum atomic E-state index is -0.628. The number of hydrogen-bond acceptors (Lipinski definition) is 5. The van der Waals surface area contributed by atoms with Crippen LogP contribution in [-0.2, 0) is 0 Å². The van der Waals surface area contributed by atoms with Crippen molar-refractivity contribution in [1.29, 1.82) is 0 Å². The molecular formula is C22H14FNO4. The van der Waals surface area contributed by atoms with Gasteiger partial charge in [-0.05, 0) is 55.5 Å². The number of nitrogens with zero attached hydrogens (tertiary/aromatic N) is 1. The molecule has 5 nitrogen and oxygen atoms in total. The van der Waals surface area contributed by atoms with E-state index < -0.39 is 11.8 Å². The van der Waals surface area contributed by atoms with Crippen LogP contribution in [0.3, 0.4) is 0 Å². The number of ketones is 1. The van der Waals surface area contributed by atoms with E-state index in [1.54, 1.807) is 43.5 Å². The van der Waals surface area contributed by atoms with E-state index in [9.17, 15) is 14.0 Å². The number of fused-ring (bicyclic) bond motifs is 1. The molecule has 2 aromatic carbocycles. The lowest BCUT2D eigenvalue weighted by Crippen LogP contribution is -2.09. The van der Waals surface area contributed by atoms with Gasteiger partial charge in [0.25, 0.3) is 0 Å². The fraction of sp³-hybridized carbons (Fsp3) is 0.0455. The van der Waals surface area contributed by atoms with E-state index in [1.165, 1.54) is 24.3 Å². The van der Waals surface area contributed by atoms with Crippen molar-refractivity contribution < 1.29 is 23.5 Å². The van der Waals surface area contributed by atoms with Crippen LogP contribution in [0.1, 0.15) is 32.0 Å². The molecule has 2 heterocycles. The normalized spacial score (nSPS) is 13.9. The topological polar surface area (TPSA) is 65.5 Å². The average molecular weight is 375 g/mol. The molecule has 0 spiro atoms. The van der Waals surface area contributed by atoms with Gasteiger partial charge in [0, 0.05) is 17.8 Å². The number of carbonyl (C=O) groups is 2. The molecule has 28 heavy (non-hydrogen) atoms. The predicted molar refractivity (Wildman–Crippen MR) is 99.7 cm³/mol. The van der Waals surface area contributed by atoms with E-state index >= 15 is 0 Å². The second kappa shape index (κ2) is 7.08. The molecule has 0 radical (unpaired) electrons. The summed E-state index contributed by atoms with van der Waals surface area (Å²) in [5.41, 5.74) is 1.72. The maximum absolute atomic E-state index is 13.0. The van der Waals surface area contributed by atoms with E-state index in [-0.39, 0.29) is 22.9 Å². The first-order valence-electron chi connectivity index (χ1n) is 8.49. The summed E-state index contributed by atoms with van der Waals surface area (Å²) in [6.45, 7) is 1.70. The molecule has 1 aromatic heterocycles. The summed E-state index contributed by atoms with van der Waals surface area (Å²) in [6.07, 6.45) is 3.18. The van der Waals surface area contributed by atoms with E-state index in [0.29, 0.717) is 22.6 Å². The van der Waals surface area contributed by atoms with Crippen molar-refractivity contribution in [3.8, 4) is 11.5 Å². The van der Waals surface area contributed by atoms with Crippen LogP contribution in [0.5, 0.6) is 11.5 Å². The van der Waals surface area contributed by atoms with Crippen LogP contribution in [0.4, 0.5) is 4.39 Å². The number of carbonyl (C=O) groups excluding carboxylic acids is 2. The summed E-state index contributed by atoms with van der Waals surface area (Å²) in [4.78, 5) is 29.0. The molecule has 0 amide bonds. The third kappa shape index (κ3) is 3.27. The van der Waals surface area contributed by atoms with Gasteiger partial charge < -0.3 is 9.47 Å². The monoisotopic (exact) mass is 375 g/mol. The molecule has 0 saturated carbocycles. The summed E-state index contributed by atoms with van der Waals surface area (Å²) in [5.74, 6) is -0.573. The Morgan fingerprint density at radius 3 is 2.61 bits per heavy atom. The lowest BCUT2D eigenvalue weighted by molar-refractivity contribution is 0.0733. The number of aromatic nitrogens is 1. The number of halogens is 1. The van der Waals surface area contributed by atoms with Crippen LogP contribution in [0.2, 0.25) is 0 Å². The van der Waals surface area contributed by atoms with Crippen LogP contribution >= 0.6 is 0 Å². The van der Waals surface area contributed by atoms with E-state index in [1.807, 2.05) is 6.07 Å². The zero-order valence-corrected chi connectivity index (χ0v) is 14.8. The molecule has 138 valence electrons. The highest BCUT2D eigenvalue weighted by molar-refractivity contribution is 6.14. The van der Waals surface area contributed by atoms with Crippen LogP contribution in [0.25, 0.3) is 6.08 Å². The van der Waals surface area contributed by atoms with Gasteiger partial charge in [-0.1, -0.05) is 6.07 Å². The van der Waals surface area contributed by atoms with Gasteiger partial charge in [0.1, 0.15) is 17.3 Å². The largest absolute Gasteiger partial charge is 0.452 e. The molecule has 6 heteroatoms. The summed E-state index contributed by atoms with van der Waals surface area (Å²) >= 11 is 0. The van der Waals surface area contributed by atoms with Gasteiger partial charge in [-0.15, -0.1) is 0 Å². The van der Waals surface area contributed by atoms with E-state index in [0.717, 1.165) is 0 Å². The number of allylic oxidation sites excluding steroid dienone is 1. The molecular weight excluding hydrogens is 361 g/mol. The fourth-order valence-corrected chi connectivity index (χ4v) is 2.82. The summed E-state index contributed by atoms with van der Waals surface area (Å²) in [5, 5.41) is 0. The Balaban J connectivity index is 1.61. The van der Waals surface area contributed by atoms with Crippen LogP contribution in [0.15, 0.2) is 66.6 Å². The standard InChI is InChI=1S/C22H14FNO4/c1-13-18(28-22(26)14-5-7-15(23)8-6-14)10-9-17-20(25)19(27-21(13)17)12-16-4-2-3-11-24-16/h2-12H,1H3/b19-12-. The third-order valence-electron chi connectivity index (χ3n) is 4.29. The number of rotatable bonds is 3. The van der Waals surface area contributed by atoms with Gasteiger partial charge >= 0.3 is 5.97 Å². The third-order valence-corrected chi connectivity index (χ3v) is 4.29. The fourth-order valence-electron chi connectivity index (χ4n) is 2.82. The van der Waals surface area contributed by atoms with E-state index in [4.69, 9.17) is 9.47 Å². The molecule has 0 fully saturated rings. The number of Topliss-reactive ketones (excluding diaryl/α,β-unsaturated/α-hetero) is 1. The van der Waals surface area contributed by atoms with Crippen molar-refractivity contribution in [3.05, 3.63) is 94.8 Å². The molecule has 1 aliphatic rings. The van der Waals surface area contributed by atoms with Gasteiger partial charge in [-0.25, -0.2) is 9.18 Å². The van der Waals surface area contributed by atoms with Gasteiger partial charge in [-0.3, -0.25) is 9.78 Å². The van der Waals surface area contributed by atoms with Crippen molar-refractivity contribution >= 4 is 17.8 Å². The van der Waals surface area contributed by atoms with Crippen molar-refractivity contribution in [3.63, 3.8) is 0 Å². The lowest BCUT2D eigenvalue weighted by Gasteiger charge is -2.10. The van der Waals surface area contributed by atoms with Gasteiger partial charge in [-0.2, -0.15) is 0 Å². The summed E-state index contributed by atoms with van der Waals surface area (Å²) < 4.78 is 24.1. The van der Waals surface area contributed by atoms with Crippen LogP contribution in [0, 0.1) is 12.7 Å². The Morgan fingerprint density at radius 2 is 1.89 bits per heavy atom. The summed E-state index contributed by atoms with van der Waals surface area (Å²) in [7, 11) is 0. The molecule has 0 saturated heterocycles. The average Bonchev–Trinajstić information content (AvgIpc) is 3.02. The number of esters is 1. The van der Waals surface area contributed by atoms with E-state index in [2.05, 4.69) is 4.98 Å². The highest BCUT2D eigenvalue weighted by atomic mass is 19.1. The highest BCUT2D eigenvalue weighted by Gasteiger charge is 2.30. The SMILES string of the molecule is Cc1c(OC(=O)c2ccc(F)cc2)ccc2c1O/C(=C\c1ccccn1)C2=O. The van der Waals surface area contributed by atoms with Crippen molar-refractivity contribution in [1.82, 2.24) is 4.98 Å². The number of ether oxygens (including phenoxy) is 2. The number of pyridine rings is 1. The smallest absolute Gasteiger partial charge is 0.343 e. The Morgan fingerprint density at radius 1 is 1.11 bits per heavy atom. The molecule has 0 unspecified atom stereocenters. The van der Waals surface area contributed by atoms with Gasteiger partial charge in [0.2, 0.25) is 5.78 Å². The minimum absolute atomic E-state index is 0.152. The molecule has 0 N–H and O–H groups in total. The molecule has 0 atom stereocenters. The Hall–Kier alpha value is -3.80. The van der Waals surface area contributed by atoms with Crippen molar-refractivity contribution in [2.75, 3.05) is 0 Å². The molecule has 3 aromatic rings. The maximum Gasteiger partial charge on any atom is 0.343 e. The van der Waals surface area contributed by atoms with Crippen LogP contribution in [-0.4, -0.2) is 16.7 Å². The van der Waals surface area contributed by atoms with Gasteiger partial charge in [0.05, 0.1) is 16.8 Å². The second-order valence-electron chi connectivity index (χ2n) is 6.16.